The second-order valence-electron chi connectivity index (χ2n) is 5.53. The summed E-state index contributed by atoms with van der Waals surface area (Å²) < 4.78 is 81.3. The fraction of sp³-hybridized carbons (Fsp3) is 0. The van der Waals surface area contributed by atoms with Crippen molar-refractivity contribution in [2.24, 2.45) is 0 Å². The van der Waals surface area contributed by atoms with Crippen LogP contribution in [0.15, 0.2) is 56.9 Å². The molecule has 0 saturated heterocycles. The third-order valence-electron chi connectivity index (χ3n) is 3.49. The smallest absolute Gasteiger partial charge is 0.271 e. The van der Waals surface area contributed by atoms with Crippen LogP contribution in [0.5, 0.6) is 0 Å². The Hall–Kier alpha value is -1.92. The van der Waals surface area contributed by atoms with E-state index in [0.29, 0.717) is 6.07 Å². The minimum absolute atomic E-state index is 0.0260. The minimum atomic E-state index is -4.55. The zero-order valence-electron chi connectivity index (χ0n) is 14.0. The molecule has 0 aliphatic heterocycles. The molecule has 0 atom stereocenters. The van der Waals surface area contributed by atoms with E-state index in [4.69, 9.17) is 23.2 Å². The molecule has 0 radical (unpaired) electrons. The number of rotatable bonds is 6. The highest BCUT2D eigenvalue weighted by Gasteiger charge is 2.24. The predicted octanol–water partition coefficient (Wildman–Crippen LogP) is 4.93. The lowest BCUT2D eigenvalue weighted by atomic mass is 10.3. The van der Waals surface area contributed by atoms with E-state index < -0.39 is 36.6 Å². The summed E-state index contributed by atoms with van der Waals surface area (Å²) in [5.41, 5.74) is -0.540. The number of sulfonamides is 2. The second kappa shape index (κ2) is 8.07. The Balaban J connectivity index is 2.04. The lowest BCUT2D eigenvalue weighted by Crippen LogP contribution is -2.18. The number of halogens is 4. The lowest BCUT2D eigenvalue weighted by Gasteiger charge is -2.15. The van der Waals surface area contributed by atoms with Crippen molar-refractivity contribution in [3.05, 3.63) is 69.5 Å². The van der Waals surface area contributed by atoms with Crippen LogP contribution >= 0.6 is 34.5 Å². The van der Waals surface area contributed by atoms with Gasteiger partial charge in [-0.05, 0) is 35.7 Å². The molecular formula is C16H10Cl2F2N2O4S3. The molecule has 0 fully saturated rings. The highest BCUT2D eigenvalue weighted by Crippen LogP contribution is 2.35. The standard InChI is InChI=1S/C16H10Cl2F2N2O4S3/c17-10-7-13(21-28(23,24)15-4-3-9(19)6-12(15)20)14(8-11(10)18)22-29(25,26)16-2-1-5-27-16/h1-8,21-22H. The Kier molecular flexibility index (Phi) is 6.06. The summed E-state index contributed by atoms with van der Waals surface area (Å²) in [7, 11) is -8.60. The summed E-state index contributed by atoms with van der Waals surface area (Å²) in [6, 6.07) is 6.96. The maximum absolute atomic E-state index is 13.9. The molecule has 1 heterocycles. The van der Waals surface area contributed by atoms with Gasteiger partial charge >= 0.3 is 0 Å². The van der Waals surface area contributed by atoms with E-state index in [2.05, 4.69) is 4.72 Å². The number of hydrogen-bond donors (Lipinski definition) is 2. The first kappa shape index (κ1) is 21.8. The molecule has 2 aromatic carbocycles. The average molecular weight is 499 g/mol. The van der Waals surface area contributed by atoms with Gasteiger partial charge in [-0.25, -0.2) is 25.6 Å². The summed E-state index contributed by atoms with van der Waals surface area (Å²) in [6.07, 6.45) is 0. The van der Waals surface area contributed by atoms with Crippen LogP contribution in [0.4, 0.5) is 20.2 Å². The first-order valence-corrected chi connectivity index (χ1v) is 12.1. The third kappa shape index (κ3) is 4.81. The zero-order chi connectivity index (χ0) is 21.4. The molecule has 6 nitrogen and oxygen atoms in total. The molecule has 0 saturated carbocycles. The third-order valence-corrected chi connectivity index (χ3v) is 8.38. The first-order valence-electron chi connectivity index (χ1n) is 7.53. The van der Waals surface area contributed by atoms with Crippen LogP contribution in [0.3, 0.4) is 0 Å². The fourth-order valence-electron chi connectivity index (χ4n) is 2.22. The zero-order valence-corrected chi connectivity index (χ0v) is 17.9. The van der Waals surface area contributed by atoms with E-state index in [-0.39, 0.29) is 25.6 Å². The van der Waals surface area contributed by atoms with Gasteiger partial charge in [-0.3, -0.25) is 9.44 Å². The summed E-state index contributed by atoms with van der Waals surface area (Å²) in [5.74, 6) is -2.28. The molecule has 0 amide bonds. The van der Waals surface area contributed by atoms with Crippen LogP contribution in [-0.4, -0.2) is 16.8 Å². The maximum Gasteiger partial charge on any atom is 0.271 e. The predicted molar refractivity (Wildman–Crippen MR) is 109 cm³/mol. The second-order valence-corrected chi connectivity index (χ2v) is 10.9. The van der Waals surface area contributed by atoms with Gasteiger partial charge in [-0.1, -0.05) is 29.3 Å². The van der Waals surface area contributed by atoms with Crippen LogP contribution in [0, 0.1) is 11.6 Å². The van der Waals surface area contributed by atoms with Crippen molar-refractivity contribution in [1.82, 2.24) is 0 Å². The van der Waals surface area contributed by atoms with Gasteiger partial charge in [0.2, 0.25) is 0 Å². The summed E-state index contributed by atoms with van der Waals surface area (Å²) >= 11 is 12.8. The van der Waals surface area contributed by atoms with Crippen LogP contribution in [-0.2, 0) is 20.0 Å². The van der Waals surface area contributed by atoms with Gasteiger partial charge in [0.15, 0.2) is 0 Å². The Morgan fingerprint density at radius 1 is 0.828 bits per heavy atom. The lowest BCUT2D eigenvalue weighted by molar-refractivity contribution is 0.551. The molecule has 0 bridgehead atoms. The molecule has 3 aromatic rings. The molecule has 154 valence electrons. The number of nitrogens with one attached hydrogen (secondary N) is 2. The average Bonchev–Trinajstić information content (AvgIpc) is 3.14. The van der Waals surface area contributed by atoms with Gasteiger partial charge < -0.3 is 0 Å². The molecule has 0 aliphatic carbocycles. The molecule has 13 heteroatoms. The van der Waals surface area contributed by atoms with Crippen molar-refractivity contribution in [2.45, 2.75) is 9.10 Å². The Bertz CT molecular complexity index is 1280. The number of hydrogen-bond acceptors (Lipinski definition) is 5. The molecule has 0 aliphatic rings. The number of benzene rings is 2. The van der Waals surface area contributed by atoms with Crippen molar-refractivity contribution < 1.29 is 25.6 Å². The molecule has 0 spiro atoms. The normalized spacial score (nSPS) is 12.0. The van der Waals surface area contributed by atoms with Gasteiger partial charge in [0.05, 0.1) is 21.4 Å². The van der Waals surface area contributed by atoms with Crippen LogP contribution < -0.4 is 9.44 Å². The number of anilines is 2. The van der Waals surface area contributed by atoms with Gasteiger partial charge in [-0.15, -0.1) is 11.3 Å². The SMILES string of the molecule is O=S(=O)(Nc1cc(Cl)c(Cl)cc1NS(=O)(=O)c1ccc(F)cc1F)c1cccs1. The van der Waals surface area contributed by atoms with Gasteiger partial charge in [-0.2, -0.15) is 0 Å². The molecule has 29 heavy (non-hydrogen) atoms. The summed E-state index contributed by atoms with van der Waals surface area (Å²) in [4.78, 5) is -0.836. The fourth-order valence-corrected chi connectivity index (χ4v) is 5.74. The van der Waals surface area contributed by atoms with Crippen molar-refractivity contribution in [3.8, 4) is 0 Å². The largest absolute Gasteiger partial charge is 0.277 e. The molecule has 0 unspecified atom stereocenters. The van der Waals surface area contributed by atoms with Crippen molar-refractivity contribution >= 4 is 66.0 Å². The minimum Gasteiger partial charge on any atom is -0.277 e. The van der Waals surface area contributed by atoms with Gasteiger partial charge in [0.1, 0.15) is 20.7 Å². The summed E-state index contributed by atoms with van der Waals surface area (Å²) in [5, 5.41) is 1.42. The monoisotopic (exact) mass is 498 g/mol. The Labute approximate surface area is 179 Å². The highest BCUT2D eigenvalue weighted by molar-refractivity contribution is 7.94. The van der Waals surface area contributed by atoms with Crippen molar-refractivity contribution in [3.63, 3.8) is 0 Å². The van der Waals surface area contributed by atoms with E-state index in [1.165, 1.54) is 12.1 Å². The maximum atomic E-state index is 13.9. The molecule has 1 aromatic heterocycles. The van der Waals surface area contributed by atoms with Crippen LogP contribution in [0.2, 0.25) is 10.0 Å². The first-order chi connectivity index (χ1) is 13.5. The van der Waals surface area contributed by atoms with Gasteiger partial charge in [0, 0.05) is 6.07 Å². The van der Waals surface area contributed by atoms with Crippen LogP contribution in [0.1, 0.15) is 0 Å². The molecule has 3 rings (SSSR count). The van der Waals surface area contributed by atoms with E-state index >= 15 is 0 Å². The number of thiophene rings is 1. The molecule has 2 N–H and O–H groups in total. The molecular weight excluding hydrogens is 489 g/mol. The van der Waals surface area contributed by atoms with E-state index in [1.54, 1.807) is 5.38 Å². The summed E-state index contributed by atoms with van der Waals surface area (Å²) in [6.45, 7) is 0. The Morgan fingerprint density at radius 2 is 1.41 bits per heavy atom. The van der Waals surface area contributed by atoms with E-state index in [9.17, 15) is 25.6 Å². The Morgan fingerprint density at radius 3 is 1.93 bits per heavy atom. The van der Waals surface area contributed by atoms with Gasteiger partial charge in [0.25, 0.3) is 20.0 Å². The highest BCUT2D eigenvalue weighted by atomic mass is 35.5. The van der Waals surface area contributed by atoms with E-state index in [1.807, 2.05) is 4.72 Å². The quantitative estimate of drug-likeness (QED) is 0.503. The van der Waals surface area contributed by atoms with Crippen molar-refractivity contribution in [2.75, 3.05) is 9.44 Å². The topological polar surface area (TPSA) is 92.3 Å². The van der Waals surface area contributed by atoms with E-state index in [0.717, 1.165) is 35.6 Å². The van der Waals surface area contributed by atoms with Crippen molar-refractivity contribution in [1.29, 1.82) is 0 Å². The van der Waals surface area contributed by atoms with Crippen LogP contribution in [0.25, 0.3) is 0 Å².